The molecule has 0 aromatic carbocycles. The van der Waals surface area contributed by atoms with E-state index in [2.05, 4.69) is 24.5 Å². The average Bonchev–Trinajstić information content (AvgIpc) is 2.63. The second-order valence-electron chi connectivity index (χ2n) is 4.93. The summed E-state index contributed by atoms with van der Waals surface area (Å²) in [4.78, 5) is 11.4. The van der Waals surface area contributed by atoms with Gasteiger partial charge in [0.1, 0.15) is 0 Å². The van der Waals surface area contributed by atoms with E-state index < -0.39 is 0 Å². The Labute approximate surface area is 93.0 Å². The second kappa shape index (κ2) is 4.97. The maximum atomic E-state index is 11.4. The second-order valence-corrected chi connectivity index (χ2v) is 4.93. The summed E-state index contributed by atoms with van der Waals surface area (Å²) in [6.07, 6.45) is 1.71. The van der Waals surface area contributed by atoms with E-state index in [0.717, 1.165) is 19.5 Å². The topological polar surface area (TPSA) is 41.1 Å². The molecule has 2 heterocycles. The highest BCUT2D eigenvalue weighted by Crippen LogP contribution is 2.37. The predicted octanol–water partition coefficient (Wildman–Crippen LogP) is 1.54. The first-order valence-corrected chi connectivity index (χ1v) is 6.10. The van der Waals surface area contributed by atoms with Crippen LogP contribution in [0.2, 0.25) is 0 Å². The van der Waals surface area contributed by atoms with Crippen LogP contribution in [0.1, 0.15) is 40.5 Å². The van der Waals surface area contributed by atoms with Gasteiger partial charge in [-0.15, -0.1) is 0 Å². The molecule has 2 unspecified atom stereocenters. The summed E-state index contributed by atoms with van der Waals surface area (Å²) < 4.78 is 0. The Kier molecular flexibility index (Phi) is 4.14. The normalized spacial score (nSPS) is 33.2. The van der Waals surface area contributed by atoms with E-state index in [1.807, 2.05) is 13.8 Å². The van der Waals surface area contributed by atoms with Crippen molar-refractivity contribution in [3.05, 3.63) is 0 Å². The van der Waals surface area contributed by atoms with Crippen molar-refractivity contribution < 1.29 is 4.79 Å². The van der Waals surface area contributed by atoms with Gasteiger partial charge in [-0.2, -0.15) is 0 Å². The van der Waals surface area contributed by atoms with Crippen molar-refractivity contribution >= 4 is 5.91 Å². The summed E-state index contributed by atoms with van der Waals surface area (Å²) in [5.74, 6) is 0.836. The summed E-state index contributed by atoms with van der Waals surface area (Å²) in [6.45, 7) is 10.5. The van der Waals surface area contributed by atoms with Gasteiger partial charge in [-0.05, 0) is 17.8 Å². The van der Waals surface area contributed by atoms with Crippen LogP contribution in [-0.4, -0.2) is 25.0 Å². The van der Waals surface area contributed by atoms with Gasteiger partial charge in [-0.25, -0.2) is 0 Å². The van der Waals surface area contributed by atoms with E-state index in [-0.39, 0.29) is 5.91 Å². The van der Waals surface area contributed by atoms with Crippen molar-refractivity contribution in [2.45, 2.75) is 46.6 Å². The molecule has 15 heavy (non-hydrogen) atoms. The molecule has 0 aromatic rings. The Bertz CT molecular complexity index is 226. The third-order valence-corrected chi connectivity index (χ3v) is 3.56. The number of rotatable bonds is 0. The lowest BCUT2D eigenvalue weighted by Crippen LogP contribution is -2.41. The zero-order chi connectivity index (χ0) is 11.5. The number of carbonyl (C=O) groups is 1. The largest absolute Gasteiger partial charge is 0.352 e. The molecule has 0 radical (unpaired) electrons. The average molecular weight is 212 g/mol. The number of fused-ring (bicyclic) bond motifs is 1. The van der Waals surface area contributed by atoms with Crippen molar-refractivity contribution in [1.29, 1.82) is 0 Å². The van der Waals surface area contributed by atoms with E-state index in [9.17, 15) is 4.79 Å². The van der Waals surface area contributed by atoms with Gasteiger partial charge in [0.25, 0.3) is 0 Å². The standard InChI is InChI=1S/C10H18N2O.C2H6/c1-10(2)4-3-9(13)12-8-6-11-5-7(8)10;1-2/h7-8,11H,3-6H2,1-2H3,(H,12,13);1-2H3. The van der Waals surface area contributed by atoms with E-state index in [1.54, 1.807) is 0 Å². The van der Waals surface area contributed by atoms with Crippen LogP contribution in [0.15, 0.2) is 0 Å². The molecule has 0 aromatic heterocycles. The smallest absolute Gasteiger partial charge is 0.220 e. The van der Waals surface area contributed by atoms with Gasteiger partial charge in [-0.3, -0.25) is 4.79 Å². The first-order chi connectivity index (χ1) is 7.09. The van der Waals surface area contributed by atoms with Crippen LogP contribution in [0.3, 0.4) is 0 Å². The van der Waals surface area contributed by atoms with Crippen LogP contribution in [0.4, 0.5) is 0 Å². The molecule has 2 N–H and O–H groups in total. The molecule has 88 valence electrons. The van der Waals surface area contributed by atoms with Crippen LogP contribution in [0.25, 0.3) is 0 Å². The molecule has 2 saturated heterocycles. The van der Waals surface area contributed by atoms with Gasteiger partial charge in [0.15, 0.2) is 0 Å². The fraction of sp³-hybridized carbons (Fsp3) is 0.917. The molecule has 2 fully saturated rings. The molecule has 0 spiro atoms. The molecule has 2 atom stereocenters. The van der Waals surface area contributed by atoms with E-state index in [1.165, 1.54) is 0 Å². The minimum absolute atomic E-state index is 0.226. The maximum absolute atomic E-state index is 11.4. The molecular formula is C12H24N2O. The van der Waals surface area contributed by atoms with Gasteiger partial charge in [0.2, 0.25) is 5.91 Å². The first kappa shape index (κ1) is 12.5. The van der Waals surface area contributed by atoms with Gasteiger partial charge >= 0.3 is 0 Å². The molecule has 0 saturated carbocycles. The summed E-state index contributed by atoms with van der Waals surface area (Å²) in [5, 5.41) is 6.45. The molecule has 2 aliphatic rings. The molecule has 2 rings (SSSR count). The van der Waals surface area contributed by atoms with E-state index >= 15 is 0 Å². The molecule has 3 nitrogen and oxygen atoms in total. The zero-order valence-electron chi connectivity index (χ0n) is 10.4. The third-order valence-electron chi connectivity index (χ3n) is 3.56. The number of nitrogens with one attached hydrogen (secondary N) is 2. The van der Waals surface area contributed by atoms with Crippen molar-refractivity contribution in [3.63, 3.8) is 0 Å². The molecule has 2 aliphatic heterocycles. The van der Waals surface area contributed by atoms with Gasteiger partial charge in [0, 0.05) is 25.6 Å². The SMILES string of the molecule is CC.CC1(C)CCC(=O)NC2CNCC21. The van der Waals surface area contributed by atoms with Crippen LogP contribution in [0, 0.1) is 11.3 Å². The minimum atomic E-state index is 0.226. The zero-order valence-corrected chi connectivity index (χ0v) is 10.4. The Morgan fingerprint density at radius 1 is 1.27 bits per heavy atom. The number of carbonyl (C=O) groups excluding carboxylic acids is 1. The van der Waals surface area contributed by atoms with E-state index in [0.29, 0.717) is 23.8 Å². The van der Waals surface area contributed by atoms with Crippen molar-refractivity contribution in [3.8, 4) is 0 Å². The van der Waals surface area contributed by atoms with E-state index in [4.69, 9.17) is 0 Å². The number of hydrogen-bond acceptors (Lipinski definition) is 2. The highest BCUT2D eigenvalue weighted by Gasteiger charge is 2.41. The summed E-state index contributed by atoms with van der Waals surface area (Å²) in [5.41, 5.74) is 0.299. The van der Waals surface area contributed by atoms with Gasteiger partial charge in [-0.1, -0.05) is 27.7 Å². The van der Waals surface area contributed by atoms with Crippen molar-refractivity contribution in [2.24, 2.45) is 11.3 Å². The fourth-order valence-corrected chi connectivity index (χ4v) is 2.55. The lowest BCUT2D eigenvalue weighted by Gasteiger charge is -2.32. The Morgan fingerprint density at radius 2 is 1.93 bits per heavy atom. The highest BCUT2D eigenvalue weighted by atomic mass is 16.1. The lowest BCUT2D eigenvalue weighted by molar-refractivity contribution is -0.121. The van der Waals surface area contributed by atoms with Gasteiger partial charge in [0.05, 0.1) is 0 Å². The minimum Gasteiger partial charge on any atom is -0.352 e. The summed E-state index contributed by atoms with van der Waals surface area (Å²) in [7, 11) is 0. The van der Waals surface area contributed by atoms with Crippen molar-refractivity contribution in [1.82, 2.24) is 10.6 Å². The van der Waals surface area contributed by atoms with Crippen LogP contribution < -0.4 is 10.6 Å². The monoisotopic (exact) mass is 212 g/mol. The third kappa shape index (κ3) is 2.71. The highest BCUT2D eigenvalue weighted by molar-refractivity contribution is 5.76. The van der Waals surface area contributed by atoms with Crippen LogP contribution in [-0.2, 0) is 4.79 Å². The lowest BCUT2D eigenvalue weighted by atomic mass is 9.74. The predicted molar refractivity (Wildman–Crippen MR) is 62.7 cm³/mol. The first-order valence-electron chi connectivity index (χ1n) is 6.10. The van der Waals surface area contributed by atoms with Crippen molar-refractivity contribution in [2.75, 3.05) is 13.1 Å². The van der Waals surface area contributed by atoms with Gasteiger partial charge < -0.3 is 10.6 Å². The molecule has 0 aliphatic carbocycles. The Morgan fingerprint density at radius 3 is 2.60 bits per heavy atom. The molecule has 1 amide bonds. The Balaban J connectivity index is 0.000000531. The Hall–Kier alpha value is -0.570. The molecular weight excluding hydrogens is 188 g/mol. The molecule has 3 heteroatoms. The fourth-order valence-electron chi connectivity index (χ4n) is 2.55. The molecule has 0 bridgehead atoms. The number of amides is 1. The quantitative estimate of drug-likeness (QED) is 0.639. The summed E-state index contributed by atoms with van der Waals surface area (Å²) >= 11 is 0. The number of hydrogen-bond donors (Lipinski definition) is 2. The maximum Gasteiger partial charge on any atom is 0.220 e. The van der Waals surface area contributed by atoms with Crippen LogP contribution >= 0.6 is 0 Å². The van der Waals surface area contributed by atoms with Crippen LogP contribution in [0.5, 0.6) is 0 Å². The summed E-state index contributed by atoms with van der Waals surface area (Å²) in [6, 6.07) is 0.366.